The van der Waals surface area contributed by atoms with Crippen LogP contribution in [0.5, 0.6) is 0 Å². The van der Waals surface area contributed by atoms with Crippen molar-refractivity contribution in [3.63, 3.8) is 0 Å². The minimum absolute atomic E-state index is 0. The van der Waals surface area contributed by atoms with Crippen molar-refractivity contribution in [1.82, 2.24) is 24.9 Å². The Morgan fingerprint density at radius 2 is 1.69 bits per heavy atom. The summed E-state index contributed by atoms with van der Waals surface area (Å²) in [6.07, 6.45) is 4.90. The summed E-state index contributed by atoms with van der Waals surface area (Å²) in [6, 6.07) is 20.6. The van der Waals surface area contributed by atoms with E-state index < -0.39 is 17.5 Å². The molecule has 2 aromatic heterocycles. The number of rotatable bonds is 5. The predicted octanol–water partition coefficient (Wildman–Crippen LogP) is 5.06. The number of halogens is 1. The van der Waals surface area contributed by atoms with E-state index in [-0.39, 0.29) is 19.1 Å². The molecule has 1 aliphatic rings. The Kier molecular flexibility index (Phi) is 5.79. The molecular formula is C30H29FN6O2. The van der Waals surface area contributed by atoms with E-state index in [1.165, 1.54) is 18.3 Å². The smallest absolute Gasteiger partial charge is 0.254 e. The second-order valence-corrected chi connectivity index (χ2v) is 10.4. The van der Waals surface area contributed by atoms with Crippen molar-refractivity contribution >= 4 is 28.4 Å². The third-order valence-electron chi connectivity index (χ3n) is 7.44. The van der Waals surface area contributed by atoms with Crippen LogP contribution in [0.1, 0.15) is 37.2 Å². The van der Waals surface area contributed by atoms with Crippen molar-refractivity contribution in [1.29, 1.82) is 0 Å². The quantitative estimate of drug-likeness (QED) is 0.348. The SMILES string of the molecule is Cn1cc(C(=O)N[C@@H]2[C@@H](c3ccccc3)N(c3ccc4c(cnn4-c4ccc(F)cc4)c3)C(=O)C2(C)C)cn1.[HH]. The van der Waals surface area contributed by atoms with Gasteiger partial charge < -0.3 is 10.2 Å². The lowest BCUT2D eigenvalue weighted by atomic mass is 9.82. The first-order chi connectivity index (χ1) is 18.7. The van der Waals surface area contributed by atoms with E-state index in [1.807, 2.05) is 62.4 Å². The Balaban J connectivity index is 0.00000323. The van der Waals surface area contributed by atoms with Gasteiger partial charge in [-0.1, -0.05) is 30.3 Å². The molecular weight excluding hydrogens is 495 g/mol. The highest BCUT2D eigenvalue weighted by Crippen LogP contribution is 2.47. The summed E-state index contributed by atoms with van der Waals surface area (Å²) in [6.45, 7) is 3.73. The van der Waals surface area contributed by atoms with Gasteiger partial charge in [0.1, 0.15) is 5.82 Å². The maximum atomic E-state index is 14.0. The Hall–Kier alpha value is -4.79. The maximum Gasteiger partial charge on any atom is 0.254 e. The van der Waals surface area contributed by atoms with E-state index in [4.69, 9.17) is 0 Å². The number of fused-ring (bicyclic) bond motifs is 1. The first kappa shape index (κ1) is 24.5. The van der Waals surface area contributed by atoms with Crippen LogP contribution in [0.2, 0.25) is 0 Å². The monoisotopic (exact) mass is 524 g/mol. The minimum Gasteiger partial charge on any atom is -0.346 e. The number of carbonyl (C=O) groups excluding carboxylic acids is 2. The van der Waals surface area contributed by atoms with Crippen molar-refractivity contribution in [3.8, 4) is 5.69 Å². The van der Waals surface area contributed by atoms with Gasteiger partial charge in [-0.2, -0.15) is 10.2 Å². The number of hydrogen-bond acceptors (Lipinski definition) is 4. The molecule has 1 N–H and O–H groups in total. The van der Waals surface area contributed by atoms with Crippen LogP contribution in [0.15, 0.2) is 91.4 Å². The van der Waals surface area contributed by atoms with Crippen LogP contribution in [0.4, 0.5) is 10.1 Å². The van der Waals surface area contributed by atoms with Crippen molar-refractivity contribution in [2.45, 2.75) is 25.9 Å². The van der Waals surface area contributed by atoms with Crippen LogP contribution >= 0.6 is 0 Å². The normalized spacial score (nSPS) is 18.6. The second-order valence-electron chi connectivity index (χ2n) is 10.4. The van der Waals surface area contributed by atoms with Gasteiger partial charge in [-0.05, 0) is 61.9 Å². The van der Waals surface area contributed by atoms with Gasteiger partial charge in [-0.25, -0.2) is 9.07 Å². The molecule has 8 nitrogen and oxygen atoms in total. The molecule has 0 spiro atoms. The van der Waals surface area contributed by atoms with Gasteiger partial charge in [-0.15, -0.1) is 0 Å². The largest absolute Gasteiger partial charge is 0.346 e. The summed E-state index contributed by atoms with van der Waals surface area (Å²) in [5.41, 5.74) is 2.71. The molecule has 1 fully saturated rings. The highest BCUT2D eigenvalue weighted by atomic mass is 19.1. The molecule has 1 saturated heterocycles. The topological polar surface area (TPSA) is 85.0 Å². The van der Waals surface area contributed by atoms with Gasteiger partial charge >= 0.3 is 0 Å². The number of nitrogens with zero attached hydrogens (tertiary/aromatic N) is 5. The van der Waals surface area contributed by atoms with Crippen molar-refractivity contribution < 1.29 is 15.4 Å². The summed E-state index contributed by atoms with van der Waals surface area (Å²) in [5.74, 6) is -0.698. The fraction of sp³-hybridized carbons (Fsp3) is 0.200. The third-order valence-corrected chi connectivity index (χ3v) is 7.44. The Labute approximate surface area is 226 Å². The van der Waals surface area contributed by atoms with E-state index in [9.17, 15) is 14.0 Å². The Morgan fingerprint density at radius 1 is 0.974 bits per heavy atom. The zero-order valence-electron chi connectivity index (χ0n) is 21.7. The van der Waals surface area contributed by atoms with Gasteiger partial charge in [0.15, 0.2) is 0 Å². The molecule has 0 aliphatic carbocycles. The number of carbonyl (C=O) groups is 2. The number of hydrogen-bond donors (Lipinski definition) is 1. The highest BCUT2D eigenvalue weighted by molar-refractivity contribution is 6.04. The number of benzene rings is 3. The van der Waals surface area contributed by atoms with E-state index in [1.54, 1.807) is 45.8 Å². The lowest BCUT2D eigenvalue weighted by Gasteiger charge is -2.30. The molecule has 2 amide bonds. The lowest BCUT2D eigenvalue weighted by molar-refractivity contribution is -0.124. The second kappa shape index (κ2) is 9.20. The fourth-order valence-electron chi connectivity index (χ4n) is 5.36. The van der Waals surface area contributed by atoms with Crippen LogP contribution in [0, 0.1) is 11.2 Å². The number of aromatic nitrogens is 4. The van der Waals surface area contributed by atoms with Crippen molar-refractivity contribution in [2.75, 3.05) is 4.90 Å². The Bertz CT molecular complexity index is 1700. The molecule has 6 rings (SSSR count). The zero-order valence-corrected chi connectivity index (χ0v) is 21.7. The Morgan fingerprint density at radius 3 is 2.38 bits per heavy atom. The van der Waals surface area contributed by atoms with Crippen LogP contribution in [0.25, 0.3) is 16.6 Å². The third kappa shape index (κ3) is 4.16. The van der Waals surface area contributed by atoms with Gasteiger partial charge in [0, 0.05) is 25.7 Å². The van der Waals surface area contributed by atoms with Crippen LogP contribution in [-0.2, 0) is 11.8 Å². The molecule has 1 aliphatic heterocycles. The van der Waals surface area contributed by atoms with Gasteiger partial charge in [0.25, 0.3) is 5.91 Å². The molecule has 5 aromatic rings. The highest BCUT2D eigenvalue weighted by Gasteiger charge is 2.55. The average molecular weight is 525 g/mol. The van der Waals surface area contributed by atoms with Gasteiger partial charge in [0.05, 0.1) is 46.7 Å². The molecule has 198 valence electrons. The van der Waals surface area contributed by atoms with Crippen LogP contribution in [0.3, 0.4) is 0 Å². The molecule has 0 saturated carbocycles. The van der Waals surface area contributed by atoms with Crippen molar-refractivity contribution in [2.24, 2.45) is 12.5 Å². The predicted molar refractivity (Wildman–Crippen MR) is 148 cm³/mol. The van der Waals surface area contributed by atoms with Gasteiger partial charge in [0.2, 0.25) is 5.91 Å². The van der Waals surface area contributed by atoms with Gasteiger partial charge in [-0.3, -0.25) is 14.3 Å². The number of aryl methyl sites for hydroxylation is 1. The molecule has 0 radical (unpaired) electrons. The molecule has 0 bridgehead atoms. The van der Waals surface area contributed by atoms with E-state index in [0.29, 0.717) is 11.3 Å². The number of amides is 2. The number of nitrogens with one attached hydrogen (secondary N) is 1. The summed E-state index contributed by atoms with van der Waals surface area (Å²) < 4.78 is 16.8. The maximum absolute atomic E-state index is 14.0. The standard InChI is InChI=1S/C30H27FN6O2.H2/c1-30(2)27(34-28(38)21-17-32-35(3)18-21)26(19-7-5-4-6-8-19)36(29(30)39)24-13-14-25-20(15-24)16-33-37(25)23-11-9-22(31)10-12-23;/h4-18,26-27H,1-3H3,(H,34,38);1H/t26-,27-;/m1./s1. The summed E-state index contributed by atoms with van der Waals surface area (Å²) in [4.78, 5) is 29.0. The average Bonchev–Trinajstić information content (AvgIpc) is 3.61. The summed E-state index contributed by atoms with van der Waals surface area (Å²) >= 11 is 0. The van der Waals surface area contributed by atoms with Crippen LogP contribution in [-0.4, -0.2) is 37.4 Å². The molecule has 3 aromatic carbocycles. The molecule has 0 unspecified atom stereocenters. The number of anilines is 1. The molecule has 2 atom stereocenters. The molecule has 3 heterocycles. The van der Waals surface area contributed by atoms with Crippen LogP contribution < -0.4 is 10.2 Å². The first-order valence-corrected chi connectivity index (χ1v) is 12.7. The fourth-order valence-corrected chi connectivity index (χ4v) is 5.36. The summed E-state index contributed by atoms with van der Waals surface area (Å²) in [7, 11) is 1.75. The molecule has 39 heavy (non-hydrogen) atoms. The lowest BCUT2D eigenvalue weighted by Crippen LogP contribution is -2.46. The zero-order chi connectivity index (χ0) is 27.3. The summed E-state index contributed by atoms with van der Waals surface area (Å²) in [5, 5.41) is 12.6. The first-order valence-electron chi connectivity index (χ1n) is 12.7. The minimum atomic E-state index is -0.897. The van der Waals surface area contributed by atoms with E-state index in [2.05, 4.69) is 15.5 Å². The van der Waals surface area contributed by atoms with E-state index in [0.717, 1.165) is 22.2 Å². The molecule has 9 heteroatoms. The van der Waals surface area contributed by atoms with Crippen molar-refractivity contribution in [3.05, 3.63) is 108 Å². The van der Waals surface area contributed by atoms with E-state index >= 15 is 0 Å².